The lowest BCUT2D eigenvalue weighted by molar-refractivity contribution is -0.385. The molecule has 0 saturated carbocycles. The molecule has 0 atom stereocenters. The molecule has 0 aliphatic rings. The summed E-state index contributed by atoms with van der Waals surface area (Å²) in [5.41, 5.74) is -0.788. The van der Waals surface area contributed by atoms with E-state index in [0.29, 0.717) is 5.56 Å². The molecular weight excluding hydrogens is 400 g/mol. The number of carbonyl (C=O) groups is 1. The number of hydrogen-bond donors (Lipinski definition) is 1. The number of carboxylic acid groups (broad SMARTS) is 1. The summed E-state index contributed by atoms with van der Waals surface area (Å²) in [6.07, 6.45) is 1.20. The molecule has 0 aliphatic carbocycles. The summed E-state index contributed by atoms with van der Waals surface area (Å²) in [7, 11) is 0. The normalized spacial score (nSPS) is 11.4. The molecule has 5 nitrogen and oxygen atoms in total. The monoisotopic (exact) mass is 405 g/mol. The van der Waals surface area contributed by atoms with Gasteiger partial charge in [-0.3, -0.25) is 10.1 Å². The molecule has 9 heteroatoms. The molecule has 2 aromatic carbocycles. The Morgan fingerprint density at radius 1 is 1.00 bits per heavy atom. The maximum Gasteiger partial charge on any atom is 0.336 e. The minimum atomic E-state index is -1.40. The Morgan fingerprint density at radius 3 is 2.04 bits per heavy atom. The highest BCUT2D eigenvalue weighted by atomic mass is 35.5. The van der Waals surface area contributed by atoms with Gasteiger partial charge in [-0.2, -0.15) is 0 Å². The topological polar surface area (TPSA) is 80.4 Å². The Balaban J connectivity index is 2.75. The number of carboxylic acids is 1. The van der Waals surface area contributed by atoms with Gasteiger partial charge in [0.15, 0.2) is 0 Å². The number of benzene rings is 2. The van der Waals surface area contributed by atoms with Crippen LogP contribution in [0.1, 0.15) is 11.1 Å². The van der Waals surface area contributed by atoms with Crippen molar-refractivity contribution in [2.75, 3.05) is 0 Å². The smallest absolute Gasteiger partial charge is 0.336 e. The van der Waals surface area contributed by atoms with Gasteiger partial charge in [0.05, 0.1) is 16.1 Å². The summed E-state index contributed by atoms with van der Waals surface area (Å²) in [6.45, 7) is 0. The van der Waals surface area contributed by atoms with Crippen LogP contribution in [-0.4, -0.2) is 16.0 Å². The summed E-state index contributed by atoms with van der Waals surface area (Å²) >= 11 is 23.5. The van der Waals surface area contributed by atoms with E-state index in [9.17, 15) is 20.0 Å². The first kappa shape index (κ1) is 18.5. The Kier molecular flexibility index (Phi) is 5.72. The lowest BCUT2D eigenvalue weighted by Crippen LogP contribution is -2.04. The molecule has 0 amide bonds. The predicted molar refractivity (Wildman–Crippen MR) is 95.1 cm³/mol. The second-order valence-electron chi connectivity index (χ2n) is 4.61. The maximum atomic E-state index is 11.6. The number of nitrogens with zero attached hydrogens (tertiary/aromatic N) is 1. The highest BCUT2D eigenvalue weighted by molar-refractivity contribution is 6.37. The quantitative estimate of drug-likeness (QED) is 0.299. The second kappa shape index (κ2) is 7.40. The van der Waals surface area contributed by atoms with Crippen LogP contribution in [0.15, 0.2) is 30.3 Å². The average molecular weight is 407 g/mol. The van der Waals surface area contributed by atoms with Gasteiger partial charge in [-0.15, -0.1) is 0 Å². The van der Waals surface area contributed by atoms with Crippen molar-refractivity contribution < 1.29 is 14.8 Å². The molecule has 0 unspecified atom stereocenters. The van der Waals surface area contributed by atoms with Crippen molar-refractivity contribution in [3.63, 3.8) is 0 Å². The third kappa shape index (κ3) is 4.19. The van der Waals surface area contributed by atoms with Crippen molar-refractivity contribution in [2.45, 2.75) is 0 Å². The number of aliphatic carboxylic acids is 1. The average Bonchev–Trinajstić information content (AvgIpc) is 2.41. The third-order valence-electron chi connectivity index (χ3n) is 2.93. The fourth-order valence-electron chi connectivity index (χ4n) is 2.04. The second-order valence-corrected chi connectivity index (χ2v) is 6.32. The van der Waals surface area contributed by atoms with E-state index in [1.54, 1.807) is 0 Å². The van der Waals surface area contributed by atoms with Crippen LogP contribution in [0, 0.1) is 10.1 Å². The fourth-order valence-corrected chi connectivity index (χ4v) is 3.14. The highest BCUT2D eigenvalue weighted by Gasteiger charge is 2.26. The first-order valence-electron chi connectivity index (χ1n) is 6.24. The Labute approximate surface area is 156 Å². The minimum absolute atomic E-state index is 0.0666. The van der Waals surface area contributed by atoms with Crippen LogP contribution in [0.3, 0.4) is 0 Å². The lowest BCUT2D eigenvalue weighted by Gasteiger charge is -2.07. The van der Waals surface area contributed by atoms with Crippen LogP contribution in [-0.2, 0) is 4.79 Å². The molecule has 24 heavy (non-hydrogen) atoms. The minimum Gasteiger partial charge on any atom is -0.478 e. The molecule has 0 spiro atoms. The molecule has 0 radical (unpaired) electrons. The molecule has 0 heterocycles. The van der Waals surface area contributed by atoms with Gasteiger partial charge in [0.1, 0.15) is 5.02 Å². The third-order valence-corrected chi connectivity index (χ3v) is 3.87. The van der Waals surface area contributed by atoms with Gasteiger partial charge in [-0.05, 0) is 42.0 Å². The number of rotatable bonds is 4. The lowest BCUT2D eigenvalue weighted by atomic mass is 10.0. The first-order chi connectivity index (χ1) is 11.2. The summed E-state index contributed by atoms with van der Waals surface area (Å²) in [4.78, 5) is 22.1. The summed E-state index contributed by atoms with van der Waals surface area (Å²) in [6, 6.07) is 6.74. The van der Waals surface area contributed by atoms with E-state index in [0.717, 1.165) is 6.07 Å². The summed E-state index contributed by atoms with van der Waals surface area (Å²) in [5.74, 6) is -1.40. The van der Waals surface area contributed by atoms with Crippen LogP contribution in [0.5, 0.6) is 0 Å². The fraction of sp³-hybridized carbons (Fsp3) is 0. The van der Waals surface area contributed by atoms with Crippen molar-refractivity contribution in [2.24, 2.45) is 0 Å². The SMILES string of the molecule is O=C(O)/C(=C\c1cc(Cl)cc(Cl)c1)c1cc(Cl)cc(Cl)c1[N+](=O)[O-]. The van der Waals surface area contributed by atoms with E-state index in [-0.39, 0.29) is 31.2 Å². The van der Waals surface area contributed by atoms with E-state index in [1.165, 1.54) is 30.3 Å². The Bertz CT molecular complexity index is 860. The number of nitro benzene ring substituents is 1. The van der Waals surface area contributed by atoms with Crippen molar-refractivity contribution in [3.05, 3.63) is 71.7 Å². The van der Waals surface area contributed by atoms with Crippen molar-refractivity contribution in [1.29, 1.82) is 0 Å². The molecule has 0 aliphatic heterocycles. The molecular formula is C15H7Cl4NO4. The summed E-state index contributed by atoms with van der Waals surface area (Å²) < 4.78 is 0. The van der Waals surface area contributed by atoms with Gasteiger partial charge >= 0.3 is 5.97 Å². The molecule has 0 fully saturated rings. The van der Waals surface area contributed by atoms with Crippen molar-refractivity contribution in [3.8, 4) is 0 Å². The number of hydrogen-bond acceptors (Lipinski definition) is 3. The van der Waals surface area contributed by atoms with E-state index in [4.69, 9.17) is 46.4 Å². The molecule has 124 valence electrons. The van der Waals surface area contributed by atoms with Gasteiger partial charge in [0, 0.05) is 15.1 Å². The van der Waals surface area contributed by atoms with Gasteiger partial charge in [-0.25, -0.2) is 4.79 Å². The van der Waals surface area contributed by atoms with E-state index in [1.807, 2.05) is 0 Å². The zero-order valence-electron chi connectivity index (χ0n) is 11.6. The van der Waals surface area contributed by atoms with E-state index >= 15 is 0 Å². The van der Waals surface area contributed by atoms with Gasteiger partial charge in [0.2, 0.25) is 0 Å². The molecule has 1 N–H and O–H groups in total. The van der Waals surface area contributed by atoms with E-state index in [2.05, 4.69) is 0 Å². The Morgan fingerprint density at radius 2 is 1.54 bits per heavy atom. The summed E-state index contributed by atoms with van der Waals surface area (Å²) in [5, 5.41) is 21.1. The molecule has 2 rings (SSSR count). The van der Waals surface area contributed by atoms with Crippen LogP contribution in [0.4, 0.5) is 5.69 Å². The van der Waals surface area contributed by atoms with Crippen LogP contribution < -0.4 is 0 Å². The molecule has 0 bridgehead atoms. The first-order valence-corrected chi connectivity index (χ1v) is 7.75. The van der Waals surface area contributed by atoms with Gasteiger partial charge < -0.3 is 5.11 Å². The largest absolute Gasteiger partial charge is 0.478 e. The van der Waals surface area contributed by atoms with Crippen molar-refractivity contribution >= 4 is 69.7 Å². The number of halogens is 4. The van der Waals surface area contributed by atoms with Crippen LogP contribution in [0.2, 0.25) is 20.1 Å². The van der Waals surface area contributed by atoms with Crippen LogP contribution in [0.25, 0.3) is 11.6 Å². The zero-order chi connectivity index (χ0) is 18.0. The zero-order valence-corrected chi connectivity index (χ0v) is 14.6. The van der Waals surface area contributed by atoms with Crippen LogP contribution >= 0.6 is 46.4 Å². The van der Waals surface area contributed by atoms with Crippen molar-refractivity contribution in [1.82, 2.24) is 0 Å². The molecule has 2 aromatic rings. The molecule has 0 aromatic heterocycles. The highest BCUT2D eigenvalue weighted by Crippen LogP contribution is 2.37. The number of nitro groups is 1. The van der Waals surface area contributed by atoms with Gasteiger partial charge in [-0.1, -0.05) is 46.4 Å². The molecule has 0 saturated heterocycles. The maximum absolute atomic E-state index is 11.6. The Hall–Kier alpha value is -1.79. The van der Waals surface area contributed by atoms with Gasteiger partial charge in [0.25, 0.3) is 5.69 Å². The standard InChI is InChI=1S/C15H7Cl4NO4/c16-8-1-7(2-9(17)4-8)3-12(15(21)22)11-5-10(18)6-13(19)14(11)20(23)24/h1-6H,(H,21,22)/b12-3-. The van der Waals surface area contributed by atoms with E-state index < -0.39 is 16.6 Å². The predicted octanol–water partition coefficient (Wildman–Crippen LogP) is 5.83.